The molecule has 1 unspecified atom stereocenters. The number of fused-ring (bicyclic) bond motifs is 1. The lowest BCUT2D eigenvalue weighted by molar-refractivity contribution is -0.124. The van der Waals surface area contributed by atoms with Crippen molar-refractivity contribution < 1.29 is 33.6 Å². The van der Waals surface area contributed by atoms with Gasteiger partial charge in [0.2, 0.25) is 0 Å². The number of ketones is 1. The van der Waals surface area contributed by atoms with Gasteiger partial charge in [0, 0.05) is 38.1 Å². The van der Waals surface area contributed by atoms with E-state index < -0.39 is 17.3 Å². The molecule has 6 aromatic carbocycles. The summed E-state index contributed by atoms with van der Waals surface area (Å²) in [6, 6.07) is 15.7. The number of phenolic OH excluding ortho intramolecular Hbond substituents is 1. The average Bonchev–Trinajstić information content (AvgIpc) is 3.08. The van der Waals surface area contributed by atoms with E-state index in [0.717, 1.165) is 76.8 Å². The highest BCUT2D eigenvalue weighted by molar-refractivity contribution is 6.31. The first-order valence-corrected chi connectivity index (χ1v) is 15.3. The van der Waals surface area contributed by atoms with Crippen LogP contribution in [0.2, 0.25) is 0 Å². The molecule has 0 amide bonds. The zero-order chi connectivity index (χ0) is 31.4. The number of hydrogen-bond acceptors (Lipinski definition) is 7. The van der Waals surface area contributed by atoms with Gasteiger partial charge in [-0.25, -0.2) is 0 Å². The Kier molecular flexibility index (Phi) is 4.63. The summed E-state index contributed by atoms with van der Waals surface area (Å²) in [6.07, 6.45) is 4.09. The summed E-state index contributed by atoms with van der Waals surface area (Å²) in [6.45, 7) is 0. The Balaban J connectivity index is 1.61. The molecule has 1 spiro atoms. The Morgan fingerprint density at radius 3 is 2.09 bits per heavy atom. The molecule has 1 N–H and O–H groups in total. The molecule has 0 radical (unpaired) electrons. The highest BCUT2D eigenvalue weighted by atomic mass is 16.5. The monoisotopic (exact) mass is 608 g/mol. The van der Waals surface area contributed by atoms with Gasteiger partial charge in [-0.05, 0) is 74.8 Å². The molecule has 11 rings (SSSR count). The number of ether oxygens (including phenoxy) is 5. The van der Waals surface area contributed by atoms with Crippen LogP contribution in [-0.4, -0.2) is 46.4 Å². The van der Waals surface area contributed by atoms with Crippen LogP contribution in [0.25, 0.3) is 49.2 Å². The number of methoxy groups -OCH3 is 5. The molecular formula is C39H28O7. The molecule has 0 saturated heterocycles. The van der Waals surface area contributed by atoms with Crippen LogP contribution < -0.4 is 23.7 Å². The molecule has 7 nitrogen and oxygen atoms in total. The van der Waals surface area contributed by atoms with E-state index in [-0.39, 0.29) is 11.5 Å². The second kappa shape index (κ2) is 8.23. The van der Waals surface area contributed by atoms with Gasteiger partial charge in [0.25, 0.3) is 0 Å². The van der Waals surface area contributed by atoms with Crippen molar-refractivity contribution in [3.63, 3.8) is 0 Å². The summed E-state index contributed by atoms with van der Waals surface area (Å²) < 4.78 is 30.5. The minimum Gasteiger partial charge on any atom is -0.507 e. The average molecular weight is 609 g/mol. The second-order valence-electron chi connectivity index (χ2n) is 12.5. The quantitative estimate of drug-likeness (QED) is 0.205. The van der Waals surface area contributed by atoms with E-state index in [1.165, 1.54) is 0 Å². The van der Waals surface area contributed by atoms with E-state index in [0.29, 0.717) is 28.4 Å². The normalized spacial score (nSPS) is 20.8. The number of phenols is 1. The number of carbonyl (C=O) groups is 1. The third kappa shape index (κ3) is 2.47. The maximum Gasteiger partial charge on any atom is 0.169 e. The Bertz CT molecular complexity index is 2510. The smallest absolute Gasteiger partial charge is 0.169 e. The van der Waals surface area contributed by atoms with Crippen molar-refractivity contribution in [3.8, 4) is 34.5 Å². The third-order valence-corrected chi connectivity index (χ3v) is 11.1. The van der Waals surface area contributed by atoms with Gasteiger partial charge in [-0.1, -0.05) is 24.3 Å². The standard InChI is InChI=1S/C39H28O7/c1-42-25-14-21-26(43-2)15-22-31-32-27(44-3)13-20-16(7-6-8-24(20)40)33(32)39-23(36(31)41)12-11-19-34(39)29-18(37(45-4)38(19)46-5)10-9-17(25)28(29)30(21)35(22)39/h6-15,23,31,40H,1-5H3/t23-,31-,39?/m1/s1. The summed E-state index contributed by atoms with van der Waals surface area (Å²) >= 11 is 0. The summed E-state index contributed by atoms with van der Waals surface area (Å²) in [4.78, 5) is 15.0. The number of hydrogen-bond donors (Lipinski definition) is 1. The van der Waals surface area contributed by atoms with Crippen molar-refractivity contribution in [1.82, 2.24) is 0 Å². The Morgan fingerprint density at radius 2 is 1.35 bits per heavy atom. The summed E-state index contributed by atoms with van der Waals surface area (Å²) in [5.41, 5.74) is 4.74. The first-order chi connectivity index (χ1) is 22.5. The molecule has 0 aromatic heterocycles. The van der Waals surface area contributed by atoms with Crippen LogP contribution in [-0.2, 0) is 10.2 Å². The topological polar surface area (TPSA) is 83.5 Å². The van der Waals surface area contributed by atoms with Crippen LogP contribution in [0, 0.1) is 5.92 Å². The van der Waals surface area contributed by atoms with Gasteiger partial charge in [-0.15, -0.1) is 0 Å². The fraction of sp³-hybridized carbons (Fsp3) is 0.205. The molecule has 5 aliphatic rings. The van der Waals surface area contributed by atoms with Gasteiger partial charge in [-0.3, -0.25) is 4.79 Å². The van der Waals surface area contributed by atoms with Crippen LogP contribution in [0.1, 0.15) is 39.3 Å². The molecule has 6 aromatic rings. The van der Waals surface area contributed by atoms with Crippen molar-refractivity contribution in [2.75, 3.05) is 35.5 Å². The fourth-order valence-electron chi connectivity index (χ4n) is 9.68. The Hall–Kier alpha value is -5.43. The molecule has 46 heavy (non-hydrogen) atoms. The van der Waals surface area contributed by atoms with E-state index in [1.54, 1.807) is 41.6 Å². The molecule has 3 atom stereocenters. The highest BCUT2D eigenvalue weighted by Gasteiger charge is 2.64. The number of benzene rings is 6. The van der Waals surface area contributed by atoms with Gasteiger partial charge in [0.15, 0.2) is 17.3 Å². The molecule has 7 heteroatoms. The lowest BCUT2D eigenvalue weighted by Gasteiger charge is -2.57. The van der Waals surface area contributed by atoms with Crippen molar-refractivity contribution in [2.45, 2.75) is 11.3 Å². The first-order valence-electron chi connectivity index (χ1n) is 15.3. The molecule has 226 valence electrons. The molecule has 0 saturated carbocycles. The lowest BCUT2D eigenvalue weighted by atomic mass is 9.43. The van der Waals surface area contributed by atoms with Crippen LogP contribution in [0.5, 0.6) is 34.5 Å². The van der Waals surface area contributed by atoms with E-state index in [1.807, 2.05) is 24.3 Å². The van der Waals surface area contributed by atoms with Crippen molar-refractivity contribution in [3.05, 3.63) is 88.0 Å². The summed E-state index contributed by atoms with van der Waals surface area (Å²) in [5, 5.41) is 18.6. The van der Waals surface area contributed by atoms with Crippen LogP contribution in [0.4, 0.5) is 0 Å². The van der Waals surface area contributed by atoms with Crippen molar-refractivity contribution in [1.29, 1.82) is 0 Å². The molecule has 0 heterocycles. The molecule has 0 fully saturated rings. The minimum absolute atomic E-state index is 0.105. The zero-order valence-electron chi connectivity index (χ0n) is 25.8. The second-order valence-corrected chi connectivity index (χ2v) is 12.5. The summed E-state index contributed by atoms with van der Waals surface area (Å²) in [7, 11) is 8.31. The van der Waals surface area contributed by atoms with E-state index >= 15 is 4.79 Å². The van der Waals surface area contributed by atoms with Crippen molar-refractivity contribution in [2.24, 2.45) is 5.92 Å². The maximum absolute atomic E-state index is 15.0. The van der Waals surface area contributed by atoms with Crippen molar-refractivity contribution >= 4 is 54.9 Å². The maximum atomic E-state index is 15.0. The van der Waals surface area contributed by atoms with Gasteiger partial charge < -0.3 is 28.8 Å². The number of allylic oxidation sites excluding steroid dienone is 1. The van der Waals surface area contributed by atoms with Gasteiger partial charge in [-0.2, -0.15) is 0 Å². The number of aromatic hydroxyl groups is 1. The third-order valence-electron chi connectivity index (χ3n) is 11.1. The Morgan fingerprint density at radius 1 is 0.652 bits per heavy atom. The predicted octanol–water partition coefficient (Wildman–Crippen LogP) is 7.37. The SMILES string of the molecule is COc1cc2c(O)cccc2c2c1[C@@H]1C(=O)[C@H]3C=Cc4c(OC)c(OC)c5ccc6c(OC)cc7c(OC)cc1c1c7c6c5c4C213. The van der Waals surface area contributed by atoms with E-state index in [4.69, 9.17) is 23.7 Å². The molecule has 5 aliphatic carbocycles. The predicted molar refractivity (Wildman–Crippen MR) is 177 cm³/mol. The minimum atomic E-state index is -0.959. The van der Waals surface area contributed by atoms with E-state index in [2.05, 4.69) is 30.3 Å². The Labute approximate surface area is 263 Å². The molecular weight excluding hydrogens is 580 g/mol. The molecule has 2 bridgehead atoms. The van der Waals surface area contributed by atoms with Crippen LogP contribution >= 0.6 is 0 Å². The van der Waals surface area contributed by atoms with Crippen LogP contribution in [0.15, 0.2) is 54.6 Å². The first kappa shape index (κ1) is 25.9. The largest absolute Gasteiger partial charge is 0.507 e. The highest BCUT2D eigenvalue weighted by Crippen LogP contribution is 2.72. The van der Waals surface area contributed by atoms with Crippen LogP contribution in [0.3, 0.4) is 0 Å². The van der Waals surface area contributed by atoms with Gasteiger partial charge in [0.1, 0.15) is 23.0 Å². The number of carbonyl (C=O) groups excluding carboxylic acids is 1. The zero-order valence-corrected chi connectivity index (χ0v) is 25.8. The van der Waals surface area contributed by atoms with Gasteiger partial charge >= 0.3 is 0 Å². The summed E-state index contributed by atoms with van der Waals surface area (Å²) in [5.74, 6) is 2.39. The lowest BCUT2D eigenvalue weighted by Crippen LogP contribution is -2.55. The molecule has 0 aliphatic heterocycles. The van der Waals surface area contributed by atoms with E-state index in [9.17, 15) is 5.11 Å². The van der Waals surface area contributed by atoms with Gasteiger partial charge in [0.05, 0.1) is 52.8 Å². The number of rotatable bonds is 5. The fourth-order valence-corrected chi connectivity index (χ4v) is 9.68. The number of Topliss-reactive ketones (excluding diaryl/α,β-unsaturated/α-hetero) is 1.